The second-order valence-corrected chi connectivity index (χ2v) is 11.5. The molecule has 0 saturated carbocycles. The van der Waals surface area contributed by atoms with Crippen LogP contribution < -0.4 is 20.1 Å². The van der Waals surface area contributed by atoms with Gasteiger partial charge in [0.15, 0.2) is 0 Å². The summed E-state index contributed by atoms with van der Waals surface area (Å²) in [4.78, 5) is 27.2. The zero-order valence-electron chi connectivity index (χ0n) is 25.6. The van der Waals surface area contributed by atoms with Gasteiger partial charge in [-0.05, 0) is 63.9 Å². The summed E-state index contributed by atoms with van der Waals surface area (Å²) in [6.07, 6.45) is 0.411. The Kier molecular flexibility index (Phi) is 10.6. The van der Waals surface area contributed by atoms with Crippen LogP contribution in [0.3, 0.4) is 0 Å². The number of rotatable bonds is 11. The van der Waals surface area contributed by atoms with Crippen LogP contribution in [0.1, 0.15) is 43.9 Å². The smallest absolute Gasteiger partial charge is 0.410 e. The third-order valence-electron chi connectivity index (χ3n) is 6.80. The predicted molar refractivity (Wildman–Crippen MR) is 159 cm³/mol. The number of nitrogens with one attached hydrogen (secondary N) is 2. The van der Waals surface area contributed by atoms with Gasteiger partial charge in [0.2, 0.25) is 5.88 Å². The van der Waals surface area contributed by atoms with Gasteiger partial charge in [0.1, 0.15) is 17.2 Å². The van der Waals surface area contributed by atoms with E-state index >= 15 is 0 Å². The number of benzene rings is 2. The van der Waals surface area contributed by atoms with Gasteiger partial charge in [0.25, 0.3) is 0 Å². The lowest BCUT2D eigenvalue weighted by atomic mass is 10.1. The number of ether oxygens (including phenoxy) is 4. The summed E-state index contributed by atoms with van der Waals surface area (Å²) >= 11 is 0. The average molecular weight is 616 g/mol. The van der Waals surface area contributed by atoms with Crippen molar-refractivity contribution in [2.45, 2.75) is 59.5 Å². The van der Waals surface area contributed by atoms with Crippen molar-refractivity contribution < 1.29 is 37.3 Å². The molecule has 1 aliphatic rings. The molecule has 2 N–H and O–H groups in total. The fourth-order valence-corrected chi connectivity index (χ4v) is 4.74. The molecule has 1 aliphatic heterocycles. The minimum absolute atomic E-state index is 0.0431. The first kappa shape index (κ1) is 32.5. The summed E-state index contributed by atoms with van der Waals surface area (Å²) in [5.74, 6) is 0.753. The molecule has 2 heterocycles. The Bertz CT molecular complexity index is 1430. The van der Waals surface area contributed by atoms with E-state index in [9.17, 15) is 18.4 Å². The zero-order valence-corrected chi connectivity index (χ0v) is 25.6. The molecular formula is C31H39F2N5O6. The van der Waals surface area contributed by atoms with Crippen molar-refractivity contribution >= 4 is 17.9 Å². The summed E-state index contributed by atoms with van der Waals surface area (Å²) in [6, 6.07) is 13.3. The van der Waals surface area contributed by atoms with Gasteiger partial charge in [0, 0.05) is 38.2 Å². The van der Waals surface area contributed by atoms with Crippen LogP contribution in [0.2, 0.25) is 0 Å². The number of likely N-dealkylation sites (tertiary alicyclic amines) is 1. The molecule has 0 radical (unpaired) electrons. The highest BCUT2D eigenvalue weighted by atomic mass is 19.3. The molecule has 2 aromatic carbocycles. The molecule has 0 spiro atoms. The van der Waals surface area contributed by atoms with Gasteiger partial charge < -0.3 is 29.2 Å². The summed E-state index contributed by atoms with van der Waals surface area (Å²) in [6.45, 7) is 5.85. The Hall–Kier alpha value is -4.39. The second-order valence-electron chi connectivity index (χ2n) is 11.5. The van der Waals surface area contributed by atoms with Gasteiger partial charge in [-0.1, -0.05) is 24.3 Å². The lowest BCUT2D eigenvalue weighted by molar-refractivity contribution is -0.0505. The molecule has 1 aromatic heterocycles. The quantitative estimate of drug-likeness (QED) is 0.277. The largest absolute Gasteiger partial charge is 0.476 e. The van der Waals surface area contributed by atoms with Gasteiger partial charge in [0.05, 0.1) is 24.5 Å². The van der Waals surface area contributed by atoms with Crippen LogP contribution in [0.4, 0.5) is 24.2 Å². The number of carbonyl (C=O) groups excluding carboxylic acids is 2. The number of urea groups is 1. The minimum Gasteiger partial charge on any atom is -0.476 e. The van der Waals surface area contributed by atoms with Crippen LogP contribution in [-0.4, -0.2) is 65.8 Å². The number of hydrogen-bond donors (Lipinski definition) is 2. The van der Waals surface area contributed by atoms with Crippen LogP contribution >= 0.6 is 0 Å². The van der Waals surface area contributed by atoms with Gasteiger partial charge in [-0.2, -0.15) is 8.78 Å². The van der Waals surface area contributed by atoms with Crippen molar-refractivity contribution in [1.29, 1.82) is 0 Å². The van der Waals surface area contributed by atoms with E-state index in [0.717, 1.165) is 12.0 Å². The summed E-state index contributed by atoms with van der Waals surface area (Å²) in [5, 5.41) is 10.2. The fraction of sp³-hybridized carbons (Fsp3) is 0.452. The maximum absolute atomic E-state index is 13.1. The maximum Gasteiger partial charge on any atom is 0.410 e. The molecular weight excluding hydrogens is 576 g/mol. The molecule has 1 saturated heterocycles. The first-order chi connectivity index (χ1) is 20.9. The third kappa shape index (κ3) is 8.82. The molecule has 3 amide bonds. The second kappa shape index (κ2) is 14.4. The normalized spacial score (nSPS) is 14.9. The van der Waals surface area contributed by atoms with E-state index in [1.807, 2.05) is 51.1 Å². The Labute approximate surface area is 255 Å². The van der Waals surface area contributed by atoms with Crippen molar-refractivity contribution in [2.75, 3.05) is 32.1 Å². The van der Waals surface area contributed by atoms with Crippen LogP contribution in [0.15, 0.2) is 48.5 Å². The lowest BCUT2D eigenvalue weighted by Gasteiger charge is -2.24. The number of carbonyl (C=O) groups is 2. The molecule has 1 unspecified atom stereocenters. The van der Waals surface area contributed by atoms with Crippen LogP contribution in [0.25, 0.3) is 5.69 Å². The Morgan fingerprint density at radius 1 is 1.14 bits per heavy atom. The number of para-hydroxylation sites is 1. The molecule has 13 heteroatoms. The van der Waals surface area contributed by atoms with E-state index in [2.05, 4.69) is 20.5 Å². The fourth-order valence-electron chi connectivity index (χ4n) is 4.74. The molecule has 1 atom stereocenters. The lowest BCUT2D eigenvalue weighted by Crippen LogP contribution is -2.35. The molecule has 3 aromatic rings. The van der Waals surface area contributed by atoms with Gasteiger partial charge in [-0.15, -0.1) is 5.10 Å². The molecule has 0 bridgehead atoms. The SMILES string of the molecule is COCc1ccc(OC(F)F)c(CNC(=O)Nc2c(C)c(OCC3CCN(C(=O)OC(C)(C)C)C3)nn2-c2ccccc2)c1. The third-order valence-corrected chi connectivity index (χ3v) is 6.80. The monoisotopic (exact) mass is 615 g/mol. The summed E-state index contributed by atoms with van der Waals surface area (Å²) in [7, 11) is 1.53. The van der Waals surface area contributed by atoms with E-state index in [0.29, 0.717) is 48.2 Å². The zero-order chi connectivity index (χ0) is 31.9. The molecule has 44 heavy (non-hydrogen) atoms. The van der Waals surface area contributed by atoms with Crippen LogP contribution in [-0.2, 0) is 22.6 Å². The van der Waals surface area contributed by atoms with Crippen molar-refractivity contribution in [2.24, 2.45) is 5.92 Å². The highest BCUT2D eigenvalue weighted by Gasteiger charge is 2.31. The topological polar surface area (TPSA) is 116 Å². The Morgan fingerprint density at radius 2 is 1.89 bits per heavy atom. The van der Waals surface area contributed by atoms with Crippen molar-refractivity contribution in [1.82, 2.24) is 20.0 Å². The first-order valence-corrected chi connectivity index (χ1v) is 14.3. The van der Waals surface area contributed by atoms with Gasteiger partial charge >= 0.3 is 18.7 Å². The van der Waals surface area contributed by atoms with Crippen LogP contribution in [0, 0.1) is 12.8 Å². The average Bonchev–Trinajstić information content (AvgIpc) is 3.56. The van der Waals surface area contributed by atoms with Crippen molar-refractivity contribution in [3.8, 4) is 17.3 Å². The van der Waals surface area contributed by atoms with E-state index in [1.54, 1.807) is 28.6 Å². The molecule has 11 nitrogen and oxygen atoms in total. The number of halogens is 2. The standard InChI is InChI=1S/C31H39F2N5O6/c1-20-26(35-29(39)34-16-23-15-21(18-41-5)11-12-25(23)43-28(32)33)38(24-9-7-6-8-10-24)36-27(20)42-19-22-13-14-37(17-22)30(40)44-31(2,3)4/h6-12,15,22,28H,13-14,16-19H2,1-5H3,(H2,34,35,39). The van der Waals surface area contributed by atoms with E-state index < -0.39 is 18.2 Å². The van der Waals surface area contributed by atoms with Crippen LogP contribution in [0.5, 0.6) is 11.6 Å². The van der Waals surface area contributed by atoms with Gasteiger partial charge in [-0.25, -0.2) is 14.3 Å². The number of hydrogen-bond acceptors (Lipinski definition) is 7. The predicted octanol–water partition coefficient (Wildman–Crippen LogP) is 5.89. The molecule has 1 fully saturated rings. The number of amides is 3. The first-order valence-electron chi connectivity index (χ1n) is 14.3. The number of methoxy groups -OCH3 is 1. The maximum atomic E-state index is 13.1. The molecule has 0 aliphatic carbocycles. The van der Waals surface area contributed by atoms with Gasteiger partial charge in [-0.3, -0.25) is 5.32 Å². The number of aromatic nitrogens is 2. The van der Waals surface area contributed by atoms with Crippen molar-refractivity contribution in [3.05, 3.63) is 65.2 Å². The number of anilines is 1. The van der Waals surface area contributed by atoms with Crippen molar-refractivity contribution in [3.63, 3.8) is 0 Å². The highest BCUT2D eigenvalue weighted by molar-refractivity contribution is 5.89. The summed E-state index contributed by atoms with van der Waals surface area (Å²) < 4.78 is 48.9. The highest BCUT2D eigenvalue weighted by Crippen LogP contribution is 2.30. The molecule has 4 rings (SSSR count). The van der Waals surface area contributed by atoms with E-state index in [4.69, 9.17) is 14.2 Å². The van der Waals surface area contributed by atoms with E-state index in [1.165, 1.54) is 13.2 Å². The number of alkyl halides is 2. The molecule has 238 valence electrons. The Balaban J connectivity index is 1.46. The summed E-state index contributed by atoms with van der Waals surface area (Å²) in [5.41, 5.74) is 1.82. The number of nitrogens with zero attached hydrogens (tertiary/aromatic N) is 3. The van der Waals surface area contributed by atoms with E-state index in [-0.39, 0.29) is 30.9 Å². The minimum atomic E-state index is -3.01. The Morgan fingerprint density at radius 3 is 2.57 bits per heavy atom.